The first-order chi connectivity index (χ1) is 14.7. The van der Waals surface area contributed by atoms with Gasteiger partial charge in [-0.05, 0) is 36.4 Å². The molecule has 0 spiro atoms. The molecule has 1 aliphatic heterocycles. The Bertz CT molecular complexity index is 1100. The fraction of sp³-hybridized carbons (Fsp3) is 0.250. The quantitative estimate of drug-likeness (QED) is 0.654. The van der Waals surface area contributed by atoms with Crippen molar-refractivity contribution in [3.05, 3.63) is 54.3 Å². The number of amides is 3. The maximum Gasteiger partial charge on any atom is 0.264 e. The van der Waals surface area contributed by atoms with E-state index in [1.807, 2.05) is 4.72 Å². The van der Waals surface area contributed by atoms with Crippen molar-refractivity contribution < 1.29 is 31.9 Å². The molecule has 3 amide bonds. The number of carbonyl (C=O) groups excluding carboxylic acids is 3. The van der Waals surface area contributed by atoms with Gasteiger partial charge in [-0.15, -0.1) is 0 Å². The molecule has 164 valence electrons. The molecule has 31 heavy (non-hydrogen) atoms. The summed E-state index contributed by atoms with van der Waals surface area (Å²) in [5.41, 5.74) is 0.374. The molecule has 0 unspecified atom stereocenters. The number of likely N-dealkylation sites (tertiary alicyclic amines) is 1. The van der Waals surface area contributed by atoms with Gasteiger partial charge in [0.05, 0.1) is 10.8 Å². The van der Waals surface area contributed by atoms with Gasteiger partial charge in [-0.25, -0.2) is 17.5 Å². The van der Waals surface area contributed by atoms with Crippen LogP contribution in [0.3, 0.4) is 0 Å². The molecule has 1 saturated heterocycles. The number of nitrogens with zero attached hydrogens (tertiary/aromatic N) is 1. The number of hydrogen-bond acceptors (Lipinski definition) is 6. The lowest BCUT2D eigenvalue weighted by molar-refractivity contribution is -0.143. The van der Waals surface area contributed by atoms with E-state index in [1.165, 1.54) is 47.4 Å². The molecular weight excluding hydrogens is 429 g/mol. The minimum absolute atomic E-state index is 0.0189. The second-order valence-electron chi connectivity index (χ2n) is 6.89. The number of anilines is 1. The molecule has 0 atom stereocenters. The average Bonchev–Trinajstić information content (AvgIpc) is 2.65. The van der Waals surface area contributed by atoms with Gasteiger partial charge in [0.2, 0.25) is 11.8 Å². The molecule has 0 aromatic heterocycles. The van der Waals surface area contributed by atoms with Crippen LogP contribution in [0.25, 0.3) is 0 Å². The molecule has 0 radical (unpaired) electrons. The highest BCUT2D eigenvalue weighted by Gasteiger charge is 2.35. The summed E-state index contributed by atoms with van der Waals surface area (Å²) in [5, 5.41) is 2.65. The van der Waals surface area contributed by atoms with Crippen LogP contribution in [0.15, 0.2) is 53.4 Å². The van der Waals surface area contributed by atoms with Crippen LogP contribution in [0.5, 0.6) is 5.75 Å². The van der Waals surface area contributed by atoms with Gasteiger partial charge in [0.25, 0.3) is 15.9 Å². The van der Waals surface area contributed by atoms with Crippen molar-refractivity contribution in [3.8, 4) is 5.75 Å². The Labute approximate surface area is 178 Å². The minimum Gasteiger partial charge on any atom is -0.481 e. The number of sulfonamides is 1. The number of nitrogens with one attached hydrogen (secondary N) is 2. The fourth-order valence-corrected chi connectivity index (χ4v) is 3.84. The van der Waals surface area contributed by atoms with Crippen molar-refractivity contribution in [2.75, 3.05) is 25.0 Å². The molecular formula is C20H20FN3O6S. The third-order valence-electron chi connectivity index (χ3n) is 4.50. The molecule has 2 aromatic carbocycles. The standard InChI is InChI=1S/C20H20FN3O6S/c1-13(25)23-31(28,29)16-8-6-15(7-9-16)22-20(27)14-10-24(11-14)19(26)12-30-18-5-3-2-4-17(18)21/h2-9,14H,10-12H2,1H3,(H,22,27)(H,23,25). The van der Waals surface area contributed by atoms with Gasteiger partial charge < -0.3 is 15.0 Å². The highest BCUT2D eigenvalue weighted by Crippen LogP contribution is 2.21. The van der Waals surface area contributed by atoms with E-state index in [0.29, 0.717) is 5.69 Å². The molecule has 2 aromatic rings. The average molecular weight is 449 g/mol. The number of ether oxygens (including phenoxy) is 1. The Morgan fingerprint density at radius 1 is 1.10 bits per heavy atom. The summed E-state index contributed by atoms with van der Waals surface area (Å²) in [7, 11) is -3.95. The molecule has 0 saturated carbocycles. The predicted molar refractivity (Wildman–Crippen MR) is 108 cm³/mol. The normalized spacial score (nSPS) is 13.8. The van der Waals surface area contributed by atoms with Crippen molar-refractivity contribution in [1.82, 2.24) is 9.62 Å². The van der Waals surface area contributed by atoms with Crippen LogP contribution in [0.2, 0.25) is 0 Å². The Morgan fingerprint density at radius 2 is 1.74 bits per heavy atom. The number of rotatable bonds is 7. The van der Waals surface area contributed by atoms with Crippen molar-refractivity contribution in [1.29, 1.82) is 0 Å². The lowest BCUT2D eigenvalue weighted by Crippen LogP contribution is -2.55. The fourth-order valence-electron chi connectivity index (χ4n) is 2.85. The van der Waals surface area contributed by atoms with E-state index in [4.69, 9.17) is 4.74 Å². The van der Waals surface area contributed by atoms with Gasteiger partial charge in [0.15, 0.2) is 18.2 Å². The van der Waals surface area contributed by atoms with Gasteiger partial charge in [-0.2, -0.15) is 0 Å². The van der Waals surface area contributed by atoms with E-state index in [2.05, 4.69) is 5.32 Å². The molecule has 11 heteroatoms. The first kappa shape index (κ1) is 22.2. The van der Waals surface area contributed by atoms with Crippen LogP contribution in [0.1, 0.15) is 6.92 Å². The van der Waals surface area contributed by atoms with E-state index < -0.39 is 27.7 Å². The molecule has 1 aliphatic rings. The summed E-state index contributed by atoms with van der Waals surface area (Å²) >= 11 is 0. The summed E-state index contributed by atoms with van der Waals surface area (Å²) in [6.07, 6.45) is 0. The van der Waals surface area contributed by atoms with Gasteiger partial charge >= 0.3 is 0 Å². The second-order valence-corrected chi connectivity index (χ2v) is 8.57. The highest BCUT2D eigenvalue weighted by atomic mass is 32.2. The summed E-state index contributed by atoms with van der Waals surface area (Å²) in [4.78, 5) is 36.7. The molecule has 3 rings (SSSR count). The predicted octanol–water partition coefficient (Wildman–Crippen LogP) is 1.13. The van der Waals surface area contributed by atoms with Crippen LogP contribution in [0.4, 0.5) is 10.1 Å². The minimum atomic E-state index is -3.95. The number of halogens is 1. The van der Waals surface area contributed by atoms with Crippen LogP contribution >= 0.6 is 0 Å². The first-order valence-corrected chi connectivity index (χ1v) is 10.7. The van der Waals surface area contributed by atoms with Crippen molar-refractivity contribution >= 4 is 33.4 Å². The number of hydrogen-bond donors (Lipinski definition) is 2. The SMILES string of the molecule is CC(=O)NS(=O)(=O)c1ccc(NC(=O)C2CN(C(=O)COc3ccccc3F)C2)cc1. The first-order valence-electron chi connectivity index (χ1n) is 9.25. The zero-order valence-corrected chi connectivity index (χ0v) is 17.3. The van der Waals surface area contributed by atoms with Gasteiger partial charge in [0, 0.05) is 25.7 Å². The zero-order chi connectivity index (χ0) is 22.6. The van der Waals surface area contributed by atoms with Crippen LogP contribution in [0, 0.1) is 11.7 Å². The van der Waals surface area contributed by atoms with Crippen LogP contribution in [-0.2, 0) is 24.4 Å². The lowest BCUT2D eigenvalue weighted by Gasteiger charge is -2.38. The highest BCUT2D eigenvalue weighted by molar-refractivity contribution is 7.90. The van der Waals surface area contributed by atoms with Crippen LogP contribution in [-0.4, -0.2) is 50.7 Å². The van der Waals surface area contributed by atoms with Gasteiger partial charge in [-0.3, -0.25) is 14.4 Å². The van der Waals surface area contributed by atoms with E-state index in [1.54, 1.807) is 6.07 Å². The smallest absolute Gasteiger partial charge is 0.264 e. The maximum atomic E-state index is 13.5. The molecule has 0 aliphatic carbocycles. The number of benzene rings is 2. The van der Waals surface area contributed by atoms with Crippen LogP contribution < -0.4 is 14.8 Å². The Balaban J connectivity index is 1.47. The van der Waals surface area contributed by atoms with E-state index in [0.717, 1.165) is 6.92 Å². The summed E-state index contributed by atoms with van der Waals surface area (Å²) < 4.78 is 44.3. The Kier molecular flexibility index (Phi) is 6.54. The maximum absolute atomic E-state index is 13.5. The molecule has 9 nitrogen and oxygen atoms in total. The van der Waals surface area contributed by atoms with Gasteiger partial charge in [0.1, 0.15) is 0 Å². The van der Waals surface area contributed by atoms with E-state index in [-0.39, 0.29) is 42.2 Å². The third-order valence-corrected chi connectivity index (χ3v) is 5.95. The third kappa shape index (κ3) is 5.57. The lowest BCUT2D eigenvalue weighted by atomic mass is 9.99. The van der Waals surface area contributed by atoms with Gasteiger partial charge in [-0.1, -0.05) is 12.1 Å². The summed E-state index contributed by atoms with van der Waals surface area (Å²) in [6.45, 7) is 1.14. The largest absolute Gasteiger partial charge is 0.481 e. The Hall–Kier alpha value is -3.47. The number of para-hydroxylation sites is 1. The van der Waals surface area contributed by atoms with E-state index >= 15 is 0 Å². The zero-order valence-electron chi connectivity index (χ0n) is 16.5. The second kappa shape index (κ2) is 9.13. The van der Waals surface area contributed by atoms with Crippen molar-refractivity contribution in [2.24, 2.45) is 5.92 Å². The van der Waals surface area contributed by atoms with E-state index in [9.17, 15) is 27.2 Å². The number of carbonyl (C=O) groups is 3. The molecule has 1 fully saturated rings. The molecule has 2 N–H and O–H groups in total. The Morgan fingerprint density at radius 3 is 2.35 bits per heavy atom. The summed E-state index contributed by atoms with van der Waals surface area (Å²) in [5.74, 6) is -2.40. The topological polar surface area (TPSA) is 122 Å². The monoisotopic (exact) mass is 449 g/mol. The molecule has 0 bridgehead atoms. The van der Waals surface area contributed by atoms with Crippen molar-refractivity contribution in [2.45, 2.75) is 11.8 Å². The molecule has 1 heterocycles. The summed E-state index contributed by atoms with van der Waals surface area (Å²) in [6, 6.07) is 11.1. The van der Waals surface area contributed by atoms with Crippen molar-refractivity contribution in [3.63, 3.8) is 0 Å².